The molecule has 2 unspecified atom stereocenters. The van der Waals surface area contributed by atoms with Crippen LogP contribution in [0, 0.1) is 0 Å². The molecule has 90 valence electrons. The Morgan fingerprint density at radius 3 is 2.72 bits per heavy atom. The van der Waals surface area contributed by atoms with Crippen molar-refractivity contribution in [3.8, 4) is 0 Å². The summed E-state index contributed by atoms with van der Waals surface area (Å²) in [6.45, 7) is 0. The molecule has 2 aliphatic carbocycles. The van der Waals surface area contributed by atoms with E-state index < -0.39 is 0 Å². The summed E-state index contributed by atoms with van der Waals surface area (Å²) in [6.07, 6.45) is 3.83. The highest BCUT2D eigenvalue weighted by molar-refractivity contribution is 7.14. The molecule has 2 atom stereocenters. The van der Waals surface area contributed by atoms with Crippen molar-refractivity contribution in [1.29, 1.82) is 0 Å². The number of carbonyl (C=O) groups is 1. The fourth-order valence-corrected chi connectivity index (χ4v) is 4.47. The number of aromatic nitrogens is 1. The molecule has 18 heavy (non-hydrogen) atoms. The highest BCUT2D eigenvalue weighted by Crippen LogP contribution is 2.54. The molecule has 2 nitrogen and oxygen atoms in total. The van der Waals surface area contributed by atoms with Crippen molar-refractivity contribution in [1.82, 2.24) is 4.98 Å². The molecule has 1 aromatic heterocycles. The second-order valence-corrected chi connectivity index (χ2v) is 6.20. The van der Waals surface area contributed by atoms with Crippen LogP contribution in [0.1, 0.15) is 57.0 Å². The van der Waals surface area contributed by atoms with Crippen LogP contribution >= 0.6 is 11.3 Å². The lowest BCUT2D eigenvalue weighted by molar-refractivity contribution is 0.103. The topological polar surface area (TPSA) is 30.0 Å². The molecule has 1 aromatic carbocycles. The first-order chi connectivity index (χ1) is 8.83. The van der Waals surface area contributed by atoms with Crippen LogP contribution in [0.15, 0.2) is 30.3 Å². The molecule has 3 heteroatoms. The first kappa shape index (κ1) is 10.4. The van der Waals surface area contributed by atoms with Gasteiger partial charge in [-0.1, -0.05) is 30.3 Å². The van der Waals surface area contributed by atoms with Crippen LogP contribution in [0.4, 0.5) is 0 Å². The van der Waals surface area contributed by atoms with Crippen LogP contribution < -0.4 is 0 Å². The average Bonchev–Trinajstić information content (AvgIpc) is 3.10. The number of fused-ring (bicyclic) bond motifs is 5. The van der Waals surface area contributed by atoms with Crippen LogP contribution in [0.3, 0.4) is 0 Å². The van der Waals surface area contributed by atoms with Crippen LogP contribution in [0.2, 0.25) is 0 Å². The van der Waals surface area contributed by atoms with Crippen molar-refractivity contribution < 1.29 is 4.79 Å². The molecule has 0 spiro atoms. The lowest BCUT2D eigenvalue weighted by atomic mass is 10.0. The first-order valence-corrected chi connectivity index (χ1v) is 7.25. The summed E-state index contributed by atoms with van der Waals surface area (Å²) in [4.78, 5) is 18.3. The van der Waals surface area contributed by atoms with Gasteiger partial charge in [-0.25, -0.2) is 4.98 Å². The van der Waals surface area contributed by atoms with Gasteiger partial charge in [0.1, 0.15) is 0 Å². The second kappa shape index (κ2) is 3.75. The predicted octanol–water partition coefficient (Wildman–Crippen LogP) is 3.74. The standard InChI is InChI=1S/C15H13NOS/c17-13(9-4-2-1-3-5-9)15-16-12-10-6-7-11(8-10)14(12)18-15/h1-5,10-11H,6-8H2. The zero-order chi connectivity index (χ0) is 12.1. The van der Waals surface area contributed by atoms with Gasteiger partial charge in [0.2, 0.25) is 5.78 Å². The Balaban J connectivity index is 1.73. The normalized spacial score (nSPS) is 24.2. The Hall–Kier alpha value is -1.48. The Kier molecular flexibility index (Phi) is 2.18. The predicted molar refractivity (Wildman–Crippen MR) is 71.3 cm³/mol. The SMILES string of the molecule is O=C(c1ccccc1)c1nc2c(s1)C1CCC2C1. The van der Waals surface area contributed by atoms with E-state index in [0.717, 1.165) is 5.56 Å². The third-order valence-electron chi connectivity index (χ3n) is 4.10. The summed E-state index contributed by atoms with van der Waals surface area (Å²) in [5.74, 6) is 1.41. The molecule has 4 rings (SSSR count). The maximum absolute atomic E-state index is 12.3. The lowest BCUT2D eigenvalue weighted by Gasteiger charge is -2.06. The van der Waals surface area contributed by atoms with E-state index in [2.05, 4.69) is 4.98 Å². The minimum Gasteiger partial charge on any atom is -0.286 e. The van der Waals surface area contributed by atoms with E-state index in [1.165, 1.54) is 29.8 Å². The molecule has 1 saturated carbocycles. The Morgan fingerprint density at radius 2 is 1.94 bits per heavy atom. The molecule has 0 radical (unpaired) electrons. The maximum atomic E-state index is 12.3. The number of thiazole rings is 1. The minimum atomic E-state index is 0.0781. The van der Waals surface area contributed by atoms with Gasteiger partial charge in [-0.05, 0) is 25.2 Å². The largest absolute Gasteiger partial charge is 0.286 e. The third-order valence-corrected chi connectivity index (χ3v) is 5.33. The molecule has 2 bridgehead atoms. The van der Waals surface area contributed by atoms with Crippen LogP contribution in [-0.4, -0.2) is 10.8 Å². The maximum Gasteiger partial charge on any atom is 0.221 e. The number of ketones is 1. The Bertz CT molecular complexity index is 589. The van der Waals surface area contributed by atoms with Gasteiger partial charge in [0.05, 0.1) is 5.69 Å². The van der Waals surface area contributed by atoms with Crippen molar-refractivity contribution in [2.24, 2.45) is 0 Å². The number of rotatable bonds is 2. The van der Waals surface area contributed by atoms with Crippen molar-refractivity contribution in [2.75, 3.05) is 0 Å². The van der Waals surface area contributed by atoms with E-state index in [1.807, 2.05) is 30.3 Å². The molecule has 2 aliphatic rings. The first-order valence-electron chi connectivity index (χ1n) is 6.43. The van der Waals surface area contributed by atoms with E-state index in [1.54, 1.807) is 11.3 Å². The highest BCUT2D eigenvalue weighted by atomic mass is 32.1. The lowest BCUT2D eigenvalue weighted by Crippen LogP contribution is -2.01. The second-order valence-electron chi connectivity index (χ2n) is 5.17. The number of hydrogen-bond acceptors (Lipinski definition) is 3. The monoisotopic (exact) mass is 255 g/mol. The zero-order valence-corrected chi connectivity index (χ0v) is 10.7. The van der Waals surface area contributed by atoms with Crippen molar-refractivity contribution >= 4 is 17.1 Å². The van der Waals surface area contributed by atoms with Gasteiger partial charge < -0.3 is 0 Å². The fraction of sp³-hybridized carbons (Fsp3) is 0.333. The Morgan fingerprint density at radius 1 is 1.17 bits per heavy atom. The van der Waals surface area contributed by atoms with Gasteiger partial charge in [0.15, 0.2) is 5.01 Å². The van der Waals surface area contributed by atoms with Gasteiger partial charge >= 0.3 is 0 Å². The summed E-state index contributed by atoms with van der Waals surface area (Å²) in [6, 6.07) is 9.46. The van der Waals surface area contributed by atoms with Crippen molar-refractivity contribution in [3.05, 3.63) is 51.5 Å². The van der Waals surface area contributed by atoms with Gasteiger partial charge in [0.25, 0.3) is 0 Å². The summed E-state index contributed by atoms with van der Waals surface area (Å²) >= 11 is 1.63. The van der Waals surface area contributed by atoms with Crippen LogP contribution in [-0.2, 0) is 0 Å². The van der Waals surface area contributed by atoms with E-state index in [-0.39, 0.29) is 5.78 Å². The molecule has 2 aromatic rings. The highest BCUT2D eigenvalue weighted by Gasteiger charge is 2.40. The number of benzene rings is 1. The molecule has 0 aliphatic heterocycles. The summed E-state index contributed by atoms with van der Waals surface area (Å²) in [5.41, 5.74) is 1.98. The Labute approximate surface area is 110 Å². The van der Waals surface area contributed by atoms with Gasteiger partial charge in [-0.2, -0.15) is 0 Å². The quantitative estimate of drug-likeness (QED) is 0.765. The number of carbonyl (C=O) groups excluding carboxylic acids is 1. The summed E-state index contributed by atoms with van der Waals surface area (Å²) in [7, 11) is 0. The fourth-order valence-electron chi connectivity index (χ4n) is 3.21. The zero-order valence-electron chi connectivity index (χ0n) is 9.93. The minimum absolute atomic E-state index is 0.0781. The average molecular weight is 255 g/mol. The van der Waals surface area contributed by atoms with E-state index >= 15 is 0 Å². The molecule has 1 heterocycles. The van der Waals surface area contributed by atoms with E-state index in [9.17, 15) is 4.79 Å². The number of nitrogens with zero attached hydrogens (tertiary/aromatic N) is 1. The third kappa shape index (κ3) is 1.40. The summed E-state index contributed by atoms with van der Waals surface area (Å²) in [5, 5.41) is 0.683. The molecule has 1 fully saturated rings. The van der Waals surface area contributed by atoms with Crippen molar-refractivity contribution in [2.45, 2.75) is 31.1 Å². The van der Waals surface area contributed by atoms with Gasteiger partial charge in [-0.3, -0.25) is 4.79 Å². The van der Waals surface area contributed by atoms with Gasteiger partial charge in [0, 0.05) is 16.4 Å². The van der Waals surface area contributed by atoms with Crippen LogP contribution in [0.5, 0.6) is 0 Å². The van der Waals surface area contributed by atoms with Gasteiger partial charge in [-0.15, -0.1) is 11.3 Å². The smallest absolute Gasteiger partial charge is 0.221 e. The molecular formula is C15H13NOS. The summed E-state index contributed by atoms with van der Waals surface area (Å²) < 4.78 is 0. The number of hydrogen-bond donors (Lipinski definition) is 0. The molecular weight excluding hydrogens is 242 g/mol. The molecule has 0 amide bonds. The van der Waals surface area contributed by atoms with E-state index in [4.69, 9.17) is 0 Å². The van der Waals surface area contributed by atoms with E-state index in [0.29, 0.717) is 16.8 Å². The molecule has 0 saturated heterocycles. The molecule has 0 N–H and O–H groups in total. The van der Waals surface area contributed by atoms with Crippen LogP contribution in [0.25, 0.3) is 0 Å². The van der Waals surface area contributed by atoms with Crippen molar-refractivity contribution in [3.63, 3.8) is 0 Å².